The summed E-state index contributed by atoms with van der Waals surface area (Å²) >= 11 is 1.21. The molecule has 0 radical (unpaired) electrons. The van der Waals surface area contributed by atoms with Crippen LogP contribution in [0.5, 0.6) is 5.75 Å². The van der Waals surface area contributed by atoms with Crippen molar-refractivity contribution in [2.24, 2.45) is 0 Å². The molecule has 0 saturated carbocycles. The number of carbonyl (C=O) groups excluding carboxylic acids is 3. The van der Waals surface area contributed by atoms with E-state index in [2.05, 4.69) is 10.6 Å². The van der Waals surface area contributed by atoms with Crippen molar-refractivity contribution >= 4 is 40.9 Å². The normalized spacial score (nSPS) is 10.3. The summed E-state index contributed by atoms with van der Waals surface area (Å²) in [5.41, 5.74) is 1.62. The third kappa shape index (κ3) is 8.72. The van der Waals surface area contributed by atoms with Gasteiger partial charge in [0.1, 0.15) is 5.75 Å². The van der Waals surface area contributed by atoms with Crippen LogP contribution in [-0.2, 0) is 14.3 Å². The average molecular weight is 445 g/mol. The summed E-state index contributed by atoms with van der Waals surface area (Å²) in [7, 11) is 0. The lowest BCUT2D eigenvalue weighted by Crippen LogP contribution is -2.18. The van der Waals surface area contributed by atoms with Crippen molar-refractivity contribution in [3.8, 4) is 5.75 Å². The first-order valence-electron chi connectivity index (χ1n) is 10.2. The van der Waals surface area contributed by atoms with Gasteiger partial charge in [0.05, 0.1) is 36.0 Å². The van der Waals surface area contributed by atoms with Gasteiger partial charge in [-0.15, -0.1) is 11.8 Å². The van der Waals surface area contributed by atoms with Crippen molar-refractivity contribution in [2.75, 3.05) is 35.4 Å². The van der Waals surface area contributed by atoms with Gasteiger partial charge >= 0.3 is 5.97 Å². The van der Waals surface area contributed by atoms with Crippen LogP contribution < -0.4 is 15.4 Å². The van der Waals surface area contributed by atoms with E-state index in [1.807, 2.05) is 26.0 Å². The van der Waals surface area contributed by atoms with Crippen LogP contribution in [-0.4, -0.2) is 42.5 Å². The fourth-order valence-electron chi connectivity index (χ4n) is 2.55. The Morgan fingerprint density at radius 3 is 2.26 bits per heavy atom. The molecule has 2 N–H and O–H groups in total. The van der Waals surface area contributed by atoms with Crippen LogP contribution in [0.1, 0.15) is 37.0 Å². The largest absolute Gasteiger partial charge is 0.492 e. The van der Waals surface area contributed by atoms with Gasteiger partial charge in [-0.05, 0) is 49.7 Å². The molecular formula is C23H28N2O5S. The number of esters is 1. The number of unbranched alkanes of at least 4 members (excludes halogenated alkanes) is 1. The maximum Gasteiger partial charge on any atom is 0.338 e. The Kier molecular flexibility index (Phi) is 10.4. The lowest BCUT2D eigenvalue weighted by molar-refractivity contribution is -0.114. The molecule has 0 aromatic heterocycles. The van der Waals surface area contributed by atoms with Gasteiger partial charge in [0.25, 0.3) is 0 Å². The summed E-state index contributed by atoms with van der Waals surface area (Å²) in [5.74, 6) is 0.0527. The van der Waals surface area contributed by atoms with Crippen molar-refractivity contribution in [1.82, 2.24) is 0 Å². The molecule has 0 unspecified atom stereocenters. The van der Waals surface area contributed by atoms with Gasteiger partial charge in [-0.25, -0.2) is 4.79 Å². The SMILES string of the molecule is CCCCOC(=O)c1ccc(NC(=O)CSCC(=O)Nc2ccccc2OCC)cc1. The third-order valence-electron chi connectivity index (χ3n) is 4.06. The zero-order chi connectivity index (χ0) is 22.5. The summed E-state index contributed by atoms with van der Waals surface area (Å²) in [5, 5.41) is 5.54. The van der Waals surface area contributed by atoms with Crippen LogP contribution in [0.15, 0.2) is 48.5 Å². The van der Waals surface area contributed by atoms with Gasteiger partial charge in [0, 0.05) is 5.69 Å². The van der Waals surface area contributed by atoms with Crippen LogP contribution in [0.4, 0.5) is 11.4 Å². The highest BCUT2D eigenvalue weighted by Gasteiger charge is 2.10. The minimum Gasteiger partial charge on any atom is -0.492 e. The van der Waals surface area contributed by atoms with Crippen molar-refractivity contribution in [1.29, 1.82) is 0 Å². The Balaban J connectivity index is 1.73. The first-order chi connectivity index (χ1) is 15.0. The Bertz CT molecular complexity index is 871. The molecule has 2 aromatic carbocycles. The van der Waals surface area contributed by atoms with E-state index in [4.69, 9.17) is 9.47 Å². The molecule has 0 aliphatic carbocycles. The number of carbonyl (C=O) groups is 3. The highest BCUT2D eigenvalue weighted by atomic mass is 32.2. The number of thioether (sulfide) groups is 1. The van der Waals surface area contributed by atoms with Crippen LogP contribution in [0, 0.1) is 0 Å². The molecule has 0 bridgehead atoms. The van der Waals surface area contributed by atoms with E-state index in [1.165, 1.54) is 11.8 Å². The summed E-state index contributed by atoms with van der Waals surface area (Å²) in [6, 6.07) is 13.7. The van der Waals surface area contributed by atoms with E-state index in [0.717, 1.165) is 12.8 Å². The highest BCUT2D eigenvalue weighted by molar-refractivity contribution is 8.00. The zero-order valence-electron chi connectivity index (χ0n) is 17.8. The van der Waals surface area contributed by atoms with Crippen LogP contribution in [0.3, 0.4) is 0 Å². The molecule has 0 saturated heterocycles. The van der Waals surface area contributed by atoms with Crippen molar-refractivity contribution in [2.45, 2.75) is 26.7 Å². The number of amides is 2. The molecule has 0 aliphatic rings. The Labute approximate surface area is 186 Å². The van der Waals surface area contributed by atoms with Gasteiger partial charge in [-0.2, -0.15) is 0 Å². The molecule has 0 fully saturated rings. The van der Waals surface area contributed by atoms with Gasteiger partial charge in [-0.1, -0.05) is 25.5 Å². The second kappa shape index (κ2) is 13.3. The fraction of sp³-hybridized carbons (Fsp3) is 0.348. The Hall–Kier alpha value is -3.00. The van der Waals surface area contributed by atoms with Crippen molar-refractivity contribution in [3.05, 3.63) is 54.1 Å². The molecule has 2 aromatic rings. The van der Waals surface area contributed by atoms with E-state index in [9.17, 15) is 14.4 Å². The van der Waals surface area contributed by atoms with Gasteiger partial charge in [-0.3, -0.25) is 9.59 Å². The monoisotopic (exact) mass is 444 g/mol. The average Bonchev–Trinajstić information content (AvgIpc) is 2.76. The summed E-state index contributed by atoms with van der Waals surface area (Å²) in [6.45, 7) is 4.80. The Morgan fingerprint density at radius 1 is 0.903 bits per heavy atom. The first kappa shape index (κ1) is 24.3. The summed E-state index contributed by atoms with van der Waals surface area (Å²) in [4.78, 5) is 36.1. The standard InChI is InChI=1S/C23H28N2O5S/c1-3-5-14-30-23(28)17-10-12-18(13-11-17)24-21(26)15-31-16-22(27)25-19-8-6-7-9-20(19)29-4-2/h6-13H,3-5,14-16H2,1-2H3,(H,24,26)(H,25,27). The first-order valence-corrected chi connectivity index (χ1v) is 11.4. The number of hydrogen-bond donors (Lipinski definition) is 2. The molecule has 2 rings (SSSR count). The number of nitrogens with one attached hydrogen (secondary N) is 2. The number of benzene rings is 2. The molecule has 166 valence electrons. The molecule has 0 heterocycles. The van der Waals surface area contributed by atoms with E-state index in [-0.39, 0.29) is 29.3 Å². The molecule has 31 heavy (non-hydrogen) atoms. The van der Waals surface area contributed by atoms with Gasteiger partial charge in [0.15, 0.2) is 0 Å². The van der Waals surface area contributed by atoms with Crippen LogP contribution >= 0.6 is 11.8 Å². The number of hydrogen-bond acceptors (Lipinski definition) is 6. The van der Waals surface area contributed by atoms with Crippen LogP contribution in [0.2, 0.25) is 0 Å². The minimum absolute atomic E-state index is 0.126. The predicted octanol–water partition coefficient (Wildman–Crippen LogP) is 4.35. The molecule has 7 nitrogen and oxygen atoms in total. The lowest BCUT2D eigenvalue weighted by Gasteiger charge is -2.11. The second-order valence-electron chi connectivity index (χ2n) is 6.59. The topological polar surface area (TPSA) is 93.7 Å². The maximum absolute atomic E-state index is 12.1. The van der Waals surface area contributed by atoms with Crippen LogP contribution in [0.25, 0.3) is 0 Å². The smallest absolute Gasteiger partial charge is 0.338 e. The molecular weight excluding hydrogens is 416 g/mol. The van der Waals surface area contributed by atoms with Crippen molar-refractivity contribution < 1.29 is 23.9 Å². The van der Waals surface area contributed by atoms with E-state index in [0.29, 0.717) is 35.9 Å². The molecule has 0 spiro atoms. The zero-order valence-corrected chi connectivity index (χ0v) is 18.6. The predicted molar refractivity (Wildman–Crippen MR) is 124 cm³/mol. The van der Waals surface area contributed by atoms with E-state index < -0.39 is 0 Å². The van der Waals surface area contributed by atoms with Crippen molar-refractivity contribution in [3.63, 3.8) is 0 Å². The molecule has 8 heteroatoms. The highest BCUT2D eigenvalue weighted by Crippen LogP contribution is 2.23. The number of anilines is 2. The quantitative estimate of drug-likeness (QED) is 0.373. The molecule has 0 atom stereocenters. The van der Waals surface area contributed by atoms with Gasteiger partial charge < -0.3 is 20.1 Å². The summed E-state index contributed by atoms with van der Waals surface area (Å²) in [6.07, 6.45) is 1.78. The maximum atomic E-state index is 12.1. The third-order valence-corrected chi connectivity index (χ3v) is 5.00. The lowest BCUT2D eigenvalue weighted by atomic mass is 10.2. The molecule has 0 aliphatic heterocycles. The second-order valence-corrected chi connectivity index (χ2v) is 7.57. The van der Waals surface area contributed by atoms with E-state index >= 15 is 0 Å². The molecule has 2 amide bonds. The fourth-order valence-corrected chi connectivity index (χ4v) is 3.17. The van der Waals surface area contributed by atoms with Gasteiger partial charge in [0.2, 0.25) is 11.8 Å². The summed E-state index contributed by atoms with van der Waals surface area (Å²) < 4.78 is 10.6. The van der Waals surface area contributed by atoms with E-state index in [1.54, 1.807) is 36.4 Å². The number of rotatable bonds is 12. The number of ether oxygens (including phenoxy) is 2. The Morgan fingerprint density at radius 2 is 1.58 bits per heavy atom. The minimum atomic E-state index is -0.376. The number of para-hydroxylation sites is 2.